The van der Waals surface area contributed by atoms with Gasteiger partial charge in [0, 0.05) is 6.04 Å². The molecule has 0 bridgehead atoms. The summed E-state index contributed by atoms with van der Waals surface area (Å²) in [5.74, 6) is 0. The van der Waals surface area contributed by atoms with E-state index in [-0.39, 0.29) is 11.5 Å². The lowest BCUT2D eigenvalue weighted by molar-refractivity contribution is 0.545. The molecule has 0 aromatic heterocycles. The van der Waals surface area contributed by atoms with Gasteiger partial charge in [-0.2, -0.15) is 0 Å². The van der Waals surface area contributed by atoms with E-state index in [9.17, 15) is 8.42 Å². The quantitative estimate of drug-likeness (QED) is 0.783. The van der Waals surface area contributed by atoms with E-state index in [1.54, 1.807) is 0 Å². The lowest BCUT2D eigenvalue weighted by atomic mass is 9.85. The minimum atomic E-state index is -3.54. The maximum absolute atomic E-state index is 12.9. The zero-order valence-electron chi connectivity index (χ0n) is 16.8. The largest absolute Gasteiger partial charge is 0.241 e. The zero-order valence-corrected chi connectivity index (χ0v) is 17.6. The van der Waals surface area contributed by atoms with Gasteiger partial charge in [-0.05, 0) is 61.3 Å². The molecule has 2 rings (SSSR count). The van der Waals surface area contributed by atoms with E-state index < -0.39 is 10.0 Å². The van der Waals surface area contributed by atoms with Gasteiger partial charge in [-0.1, -0.05) is 63.2 Å². The molecule has 0 aliphatic heterocycles. The van der Waals surface area contributed by atoms with Crippen LogP contribution in [0.15, 0.2) is 47.4 Å². The topological polar surface area (TPSA) is 46.2 Å². The minimum absolute atomic E-state index is 0.00574. The number of rotatable bonds is 6. The number of sulfonamides is 1. The molecule has 0 aliphatic rings. The van der Waals surface area contributed by atoms with Crippen molar-refractivity contribution in [1.82, 2.24) is 4.72 Å². The van der Waals surface area contributed by atoms with Crippen molar-refractivity contribution in [2.75, 3.05) is 0 Å². The first-order valence-corrected chi connectivity index (χ1v) is 10.7. The molecule has 0 radical (unpaired) electrons. The molecule has 0 fully saturated rings. The highest BCUT2D eigenvalue weighted by Gasteiger charge is 2.24. The molecular formula is C22H31NO2S. The molecule has 0 spiro atoms. The van der Waals surface area contributed by atoms with E-state index in [1.807, 2.05) is 51.1 Å². The fraction of sp³-hybridized carbons (Fsp3) is 0.455. The molecule has 1 N–H and O–H groups in total. The maximum Gasteiger partial charge on any atom is 0.241 e. The Morgan fingerprint density at radius 2 is 1.54 bits per heavy atom. The second kappa shape index (κ2) is 7.93. The monoisotopic (exact) mass is 373 g/mol. The Labute approximate surface area is 158 Å². The summed E-state index contributed by atoms with van der Waals surface area (Å²) in [6.45, 7) is 12.1. The van der Waals surface area contributed by atoms with Crippen molar-refractivity contribution in [3.63, 3.8) is 0 Å². The number of hydrogen-bond acceptors (Lipinski definition) is 2. The van der Waals surface area contributed by atoms with Crippen LogP contribution in [-0.2, 0) is 21.9 Å². The number of hydrogen-bond donors (Lipinski definition) is 1. The van der Waals surface area contributed by atoms with Crippen LogP contribution >= 0.6 is 0 Å². The molecule has 142 valence electrons. The number of benzene rings is 2. The van der Waals surface area contributed by atoms with Crippen molar-refractivity contribution in [2.24, 2.45) is 0 Å². The normalized spacial score (nSPS) is 13.6. The Hall–Kier alpha value is -1.65. The molecule has 1 atom stereocenters. The highest BCUT2D eigenvalue weighted by Crippen LogP contribution is 2.29. The van der Waals surface area contributed by atoms with Gasteiger partial charge in [0.05, 0.1) is 4.90 Å². The molecule has 26 heavy (non-hydrogen) atoms. The van der Waals surface area contributed by atoms with E-state index in [0.717, 1.165) is 29.5 Å². The van der Waals surface area contributed by atoms with E-state index in [0.29, 0.717) is 4.90 Å². The minimum Gasteiger partial charge on any atom is -0.208 e. The van der Waals surface area contributed by atoms with E-state index in [2.05, 4.69) is 37.6 Å². The van der Waals surface area contributed by atoms with E-state index in [1.165, 1.54) is 5.56 Å². The standard InChI is InChI=1S/C22H31NO2S/c1-16-14-20(22(4,5)6)15-17(2)21(16)26(24,25)23-18(3)12-13-19-10-8-7-9-11-19/h7-11,14-15,18,23H,12-13H2,1-6H3/t18-/m1/s1. The van der Waals surface area contributed by atoms with Gasteiger partial charge < -0.3 is 0 Å². The SMILES string of the molecule is Cc1cc(C(C)(C)C)cc(C)c1S(=O)(=O)N[C@H](C)CCc1ccccc1. The van der Waals surface area contributed by atoms with Crippen molar-refractivity contribution >= 4 is 10.0 Å². The summed E-state index contributed by atoms with van der Waals surface area (Å²) in [6, 6.07) is 14.0. The molecule has 3 nitrogen and oxygen atoms in total. The molecule has 0 amide bonds. The third-order valence-corrected chi connectivity index (χ3v) is 6.55. The van der Waals surface area contributed by atoms with Gasteiger partial charge in [-0.25, -0.2) is 13.1 Å². The van der Waals surface area contributed by atoms with Gasteiger partial charge in [0.15, 0.2) is 0 Å². The second-order valence-corrected chi connectivity index (χ2v) is 9.89. The molecule has 0 saturated heterocycles. The fourth-order valence-corrected chi connectivity index (χ4v) is 4.95. The average molecular weight is 374 g/mol. The van der Waals surface area contributed by atoms with Crippen LogP contribution in [-0.4, -0.2) is 14.5 Å². The van der Waals surface area contributed by atoms with Crippen LogP contribution in [0.3, 0.4) is 0 Å². The predicted octanol–water partition coefficient (Wildman–Crippen LogP) is 4.90. The third kappa shape index (κ3) is 5.18. The van der Waals surface area contributed by atoms with Crippen molar-refractivity contribution in [3.8, 4) is 0 Å². The van der Waals surface area contributed by atoms with Crippen LogP contribution in [0.25, 0.3) is 0 Å². The van der Waals surface area contributed by atoms with E-state index in [4.69, 9.17) is 0 Å². The van der Waals surface area contributed by atoms with Crippen LogP contribution in [0.5, 0.6) is 0 Å². The molecule has 2 aromatic rings. The highest BCUT2D eigenvalue weighted by atomic mass is 32.2. The maximum atomic E-state index is 12.9. The van der Waals surface area contributed by atoms with Crippen LogP contribution in [0.2, 0.25) is 0 Å². The molecule has 0 unspecified atom stereocenters. The Balaban J connectivity index is 2.17. The summed E-state index contributed by atoms with van der Waals surface area (Å²) >= 11 is 0. The van der Waals surface area contributed by atoms with Gasteiger partial charge in [0.2, 0.25) is 10.0 Å². The van der Waals surface area contributed by atoms with Gasteiger partial charge in [-0.15, -0.1) is 0 Å². The third-order valence-electron chi connectivity index (χ3n) is 4.66. The average Bonchev–Trinajstić information content (AvgIpc) is 2.51. The van der Waals surface area contributed by atoms with Gasteiger partial charge in [-0.3, -0.25) is 0 Å². The number of nitrogens with one attached hydrogen (secondary N) is 1. The van der Waals surface area contributed by atoms with Gasteiger partial charge in [0.1, 0.15) is 0 Å². The molecule has 0 aliphatic carbocycles. The Kier molecular flexibility index (Phi) is 6.30. The van der Waals surface area contributed by atoms with Gasteiger partial charge >= 0.3 is 0 Å². The molecule has 4 heteroatoms. The first-order chi connectivity index (χ1) is 12.0. The smallest absolute Gasteiger partial charge is 0.208 e. The summed E-state index contributed by atoms with van der Waals surface area (Å²) in [5.41, 5.74) is 3.98. The molecule has 0 heterocycles. The van der Waals surface area contributed by atoms with Crippen LogP contribution in [0.1, 0.15) is 56.4 Å². The summed E-state index contributed by atoms with van der Waals surface area (Å²) in [6.07, 6.45) is 1.62. The molecule has 2 aromatic carbocycles. The van der Waals surface area contributed by atoms with Crippen molar-refractivity contribution in [1.29, 1.82) is 0 Å². The first kappa shape index (κ1) is 20.7. The molecular weight excluding hydrogens is 342 g/mol. The first-order valence-electron chi connectivity index (χ1n) is 9.18. The Bertz CT molecular complexity index is 826. The Morgan fingerprint density at radius 3 is 2.04 bits per heavy atom. The summed E-state index contributed by atoms with van der Waals surface area (Å²) in [7, 11) is -3.54. The van der Waals surface area contributed by atoms with Crippen LogP contribution in [0.4, 0.5) is 0 Å². The lowest BCUT2D eigenvalue weighted by Gasteiger charge is -2.23. The number of aryl methyl sites for hydroxylation is 3. The molecule has 0 saturated carbocycles. The van der Waals surface area contributed by atoms with Gasteiger partial charge in [0.25, 0.3) is 0 Å². The zero-order chi connectivity index (χ0) is 19.5. The summed E-state index contributed by atoms with van der Waals surface area (Å²) < 4.78 is 28.7. The Morgan fingerprint density at radius 1 is 1.00 bits per heavy atom. The fourth-order valence-electron chi connectivity index (χ4n) is 3.22. The van der Waals surface area contributed by atoms with Crippen molar-refractivity contribution < 1.29 is 8.42 Å². The van der Waals surface area contributed by atoms with Crippen molar-refractivity contribution in [3.05, 3.63) is 64.7 Å². The lowest BCUT2D eigenvalue weighted by Crippen LogP contribution is -2.34. The van der Waals surface area contributed by atoms with Crippen LogP contribution < -0.4 is 4.72 Å². The van der Waals surface area contributed by atoms with Crippen LogP contribution in [0, 0.1) is 13.8 Å². The summed E-state index contributed by atoms with van der Waals surface area (Å²) in [4.78, 5) is 0.414. The summed E-state index contributed by atoms with van der Waals surface area (Å²) in [5, 5.41) is 0. The predicted molar refractivity (Wildman–Crippen MR) is 109 cm³/mol. The van der Waals surface area contributed by atoms with E-state index >= 15 is 0 Å². The second-order valence-electron chi connectivity index (χ2n) is 8.24. The van der Waals surface area contributed by atoms with Crippen molar-refractivity contribution in [2.45, 2.75) is 70.7 Å². The highest BCUT2D eigenvalue weighted by molar-refractivity contribution is 7.89.